The Hall–Kier alpha value is -1.82. The minimum Gasteiger partial charge on any atom is -0.475 e. The molecule has 0 bridgehead atoms. The van der Waals surface area contributed by atoms with E-state index in [0.717, 1.165) is 19.4 Å². The highest BCUT2D eigenvalue weighted by Gasteiger charge is 2.37. The van der Waals surface area contributed by atoms with Crippen LogP contribution in [0.4, 0.5) is 10.5 Å². The Bertz CT molecular complexity index is 520. The quantitative estimate of drug-likeness (QED) is 0.848. The first-order valence-corrected chi connectivity index (χ1v) is 8.43. The van der Waals surface area contributed by atoms with E-state index in [4.69, 9.17) is 9.47 Å². The van der Waals surface area contributed by atoms with Crippen LogP contribution in [-0.4, -0.2) is 48.8 Å². The number of carbonyl (C=O) groups excluding carboxylic acids is 1. The molecule has 126 valence electrons. The van der Waals surface area contributed by atoms with Crippen LogP contribution in [0.3, 0.4) is 0 Å². The number of hydrogen-bond acceptors (Lipinski definition) is 4. The molecule has 1 aromatic rings. The molecular formula is C17H25N3O3. The van der Waals surface area contributed by atoms with E-state index in [1.54, 1.807) is 19.4 Å². The Morgan fingerprint density at radius 3 is 2.96 bits per heavy atom. The predicted molar refractivity (Wildman–Crippen MR) is 87.7 cm³/mol. The SMILES string of the molecule is COCCOc1ccc(NC(=O)N2CCC[C@@H]3CCC[C@@H]32)cn1. The van der Waals surface area contributed by atoms with E-state index in [0.29, 0.717) is 36.7 Å². The maximum absolute atomic E-state index is 12.5. The minimum absolute atomic E-state index is 0.00329. The highest BCUT2D eigenvalue weighted by Crippen LogP contribution is 2.36. The molecule has 1 saturated heterocycles. The van der Waals surface area contributed by atoms with Crippen molar-refractivity contribution in [2.24, 2.45) is 5.92 Å². The van der Waals surface area contributed by atoms with E-state index in [-0.39, 0.29) is 6.03 Å². The molecule has 0 radical (unpaired) electrons. The van der Waals surface area contributed by atoms with E-state index in [1.165, 1.54) is 19.3 Å². The van der Waals surface area contributed by atoms with Crippen LogP contribution < -0.4 is 10.1 Å². The number of fused-ring (bicyclic) bond motifs is 1. The summed E-state index contributed by atoms with van der Waals surface area (Å²) in [5, 5.41) is 2.96. The highest BCUT2D eigenvalue weighted by atomic mass is 16.5. The van der Waals surface area contributed by atoms with E-state index < -0.39 is 0 Å². The number of ether oxygens (including phenoxy) is 2. The van der Waals surface area contributed by atoms with Gasteiger partial charge in [-0.15, -0.1) is 0 Å². The number of nitrogens with one attached hydrogen (secondary N) is 1. The number of aromatic nitrogens is 1. The maximum atomic E-state index is 12.5. The van der Waals surface area contributed by atoms with Crippen LogP contribution in [0.1, 0.15) is 32.1 Å². The molecule has 2 atom stereocenters. The molecule has 0 aromatic carbocycles. The van der Waals surface area contributed by atoms with Gasteiger partial charge >= 0.3 is 6.03 Å². The average molecular weight is 319 g/mol. The Kier molecular flexibility index (Phi) is 5.33. The number of pyridine rings is 1. The first-order valence-electron chi connectivity index (χ1n) is 8.43. The van der Waals surface area contributed by atoms with Crippen molar-refractivity contribution in [3.63, 3.8) is 0 Å². The first-order chi connectivity index (χ1) is 11.3. The summed E-state index contributed by atoms with van der Waals surface area (Å²) in [6.07, 6.45) is 7.67. The lowest BCUT2D eigenvalue weighted by Crippen LogP contribution is -2.48. The van der Waals surface area contributed by atoms with Crippen LogP contribution in [0.2, 0.25) is 0 Å². The lowest BCUT2D eigenvalue weighted by atomic mass is 9.92. The van der Waals surface area contributed by atoms with Crippen molar-refractivity contribution < 1.29 is 14.3 Å². The van der Waals surface area contributed by atoms with Crippen molar-refractivity contribution in [3.8, 4) is 5.88 Å². The summed E-state index contributed by atoms with van der Waals surface area (Å²) >= 11 is 0. The van der Waals surface area contributed by atoms with Crippen molar-refractivity contribution in [2.75, 3.05) is 32.2 Å². The minimum atomic E-state index is -0.00329. The van der Waals surface area contributed by atoms with Gasteiger partial charge in [0.15, 0.2) is 0 Å². The van der Waals surface area contributed by atoms with Gasteiger partial charge in [-0.1, -0.05) is 6.42 Å². The predicted octanol–water partition coefficient (Wildman–Crippen LogP) is 2.90. The number of likely N-dealkylation sites (tertiary alicyclic amines) is 1. The fourth-order valence-corrected chi connectivity index (χ4v) is 3.67. The average Bonchev–Trinajstić information content (AvgIpc) is 3.05. The van der Waals surface area contributed by atoms with Gasteiger partial charge in [0, 0.05) is 25.8 Å². The number of amides is 2. The number of anilines is 1. The number of urea groups is 1. The number of hydrogen-bond donors (Lipinski definition) is 1. The molecule has 1 aliphatic heterocycles. The summed E-state index contributed by atoms with van der Waals surface area (Å²) in [5.74, 6) is 1.23. The molecule has 2 amide bonds. The van der Waals surface area contributed by atoms with Crippen molar-refractivity contribution in [3.05, 3.63) is 18.3 Å². The second-order valence-corrected chi connectivity index (χ2v) is 6.25. The van der Waals surface area contributed by atoms with Crippen molar-refractivity contribution in [2.45, 2.75) is 38.1 Å². The Morgan fingerprint density at radius 2 is 2.17 bits per heavy atom. The van der Waals surface area contributed by atoms with E-state index in [9.17, 15) is 4.79 Å². The third kappa shape index (κ3) is 3.93. The molecule has 1 saturated carbocycles. The zero-order valence-electron chi connectivity index (χ0n) is 13.7. The second-order valence-electron chi connectivity index (χ2n) is 6.25. The molecular weight excluding hydrogens is 294 g/mol. The van der Waals surface area contributed by atoms with Gasteiger partial charge in [0.2, 0.25) is 5.88 Å². The molecule has 1 aromatic heterocycles. The number of nitrogens with zero attached hydrogens (tertiary/aromatic N) is 2. The Balaban J connectivity index is 1.55. The summed E-state index contributed by atoms with van der Waals surface area (Å²) in [7, 11) is 1.63. The van der Waals surface area contributed by atoms with Gasteiger partial charge < -0.3 is 19.7 Å². The van der Waals surface area contributed by atoms with Crippen LogP contribution in [0.5, 0.6) is 5.88 Å². The summed E-state index contributed by atoms with van der Waals surface area (Å²) in [6.45, 7) is 1.85. The van der Waals surface area contributed by atoms with Gasteiger partial charge in [-0.2, -0.15) is 0 Å². The topological polar surface area (TPSA) is 63.7 Å². The van der Waals surface area contributed by atoms with Gasteiger partial charge in [-0.25, -0.2) is 9.78 Å². The van der Waals surface area contributed by atoms with Crippen LogP contribution in [-0.2, 0) is 4.74 Å². The molecule has 0 spiro atoms. The number of methoxy groups -OCH3 is 1. The van der Waals surface area contributed by atoms with Gasteiger partial charge in [0.05, 0.1) is 18.5 Å². The van der Waals surface area contributed by atoms with Gasteiger partial charge in [0.25, 0.3) is 0 Å². The van der Waals surface area contributed by atoms with Crippen LogP contribution >= 0.6 is 0 Å². The molecule has 2 fully saturated rings. The Morgan fingerprint density at radius 1 is 1.30 bits per heavy atom. The van der Waals surface area contributed by atoms with Gasteiger partial charge in [0.1, 0.15) is 6.61 Å². The van der Waals surface area contributed by atoms with E-state index >= 15 is 0 Å². The zero-order chi connectivity index (χ0) is 16.1. The standard InChI is InChI=1S/C17H25N3O3/c1-22-10-11-23-16-8-7-14(12-18-16)19-17(21)20-9-3-5-13-4-2-6-15(13)20/h7-8,12-13,15H,2-6,9-11H2,1H3,(H,19,21)/t13-,15-/m0/s1. The maximum Gasteiger partial charge on any atom is 0.322 e. The third-order valence-electron chi connectivity index (χ3n) is 4.78. The van der Waals surface area contributed by atoms with Crippen LogP contribution in [0.15, 0.2) is 18.3 Å². The fourth-order valence-electron chi connectivity index (χ4n) is 3.67. The smallest absolute Gasteiger partial charge is 0.322 e. The molecule has 0 unspecified atom stereocenters. The highest BCUT2D eigenvalue weighted by molar-refractivity contribution is 5.89. The first kappa shape index (κ1) is 16.1. The number of piperidine rings is 1. The zero-order valence-corrected chi connectivity index (χ0v) is 13.7. The van der Waals surface area contributed by atoms with Crippen LogP contribution in [0, 0.1) is 5.92 Å². The van der Waals surface area contributed by atoms with Crippen LogP contribution in [0.25, 0.3) is 0 Å². The molecule has 1 N–H and O–H groups in total. The van der Waals surface area contributed by atoms with Gasteiger partial charge in [-0.05, 0) is 37.7 Å². The molecule has 1 aliphatic carbocycles. The molecule has 6 nitrogen and oxygen atoms in total. The van der Waals surface area contributed by atoms with Crippen molar-refractivity contribution >= 4 is 11.7 Å². The molecule has 2 heterocycles. The van der Waals surface area contributed by atoms with E-state index in [1.807, 2.05) is 11.0 Å². The molecule has 3 rings (SSSR count). The molecule has 2 aliphatic rings. The fraction of sp³-hybridized carbons (Fsp3) is 0.647. The Labute approximate surface area is 137 Å². The van der Waals surface area contributed by atoms with E-state index in [2.05, 4.69) is 10.3 Å². The number of rotatable bonds is 5. The summed E-state index contributed by atoms with van der Waals surface area (Å²) in [4.78, 5) is 18.8. The summed E-state index contributed by atoms with van der Waals surface area (Å²) < 4.78 is 10.3. The molecule has 23 heavy (non-hydrogen) atoms. The lowest BCUT2D eigenvalue weighted by molar-refractivity contribution is 0.138. The lowest BCUT2D eigenvalue weighted by Gasteiger charge is -2.37. The molecule has 6 heteroatoms. The van der Waals surface area contributed by atoms with Crippen molar-refractivity contribution in [1.82, 2.24) is 9.88 Å². The third-order valence-corrected chi connectivity index (χ3v) is 4.78. The summed E-state index contributed by atoms with van der Waals surface area (Å²) in [5.41, 5.74) is 0.703. The normalized spacial score (nSPS) is 23.4. The number of carbonyl (C=O) groups is 1. The summed E-state index contributed by atoms with van der Waals surface area (Å²) in [6, 6.07) is 4.01. The van der Waals surface area contributed by atoms with Gasteiger partial charge in [-0.3, -0.25) is 0 Å². The second kappa shape index (κ2) is 7.64. The monoisotopic (exact) mass is 319 g/mol. The van der Waals surface area contributed by atoms with Crippen molar-refractivity contribution in [1.29, 1.82) is 0 Å². The largest absolute Gasteiger partial charge is 0.475 e.